The second-order valence-corrected chi connectivity index (χ2v) is 8.54. The molecule has 0 unspecified atom stereocenters. The van der Waals surface area contributed by atoms with Gasteiger partial charge in [0.2, 0.25) is 11.8 Å². The molecule has 4 rings (SSSR count). The van der Waals surface area contributed by atoms with Crippen molar-refractivity contribution >= 4 is 40.4 Å². The molecule has 2 fully saturated rings. The van der Waals surface area contributed by atoms with E-state index in [0.717, 1.165) is 4.88 Å². The fourth-order valence-electron chi connectivity index (χ4n) is 3.57. The SMILES string of the molecule is O=C(N[C@H]1CCN2C(=O)[C@H](Cc3cccs3)NC(=O)[C@@H]2C1)c1cccs1. The largest absolute Gasteiger partial charge is 0.348 e. The Bertz CT molecular complexity index is 804. The molecule has 2 aliphatic heterocycles. The van der Waals surface area contributed by atoms with E-state index in [-0.39, 0.29) is 23.8 Å². The Morgan fingerprint density at radius 1 is 1.23 bits per heavy atom. The molecule has 0 spiro atoms. The monoisotopic (exact) mass is 389 g/mol. The van der Waals surface area contributed by atoms with E-state index < -0.39 is 12.1 Å². The molecular weight excluding hydrogens is 370 g/mol. The van der Waals surface area contributed by atoms with Crippen LogP contribution >= 0.6 is 22.7 Å². The summed E-state index contributed by atoms with van der Waals surface area (Å²) < 4.78 is 0. The van der Waals surface area contributed by atoms with Crippen molar-refractivity contribution in [1.82, 2.24) is 15.5 Å². The lowest BCUT2D eigenvalue weighted by molar-refractivity contribution is -0.151. The molecule has 4 heterocycles. The minimum atomic E-state index is -0.496. The number of nitrogens with zero attached hydrogens (tertiary/aromatic N) is 1. The number of nitrogens with one attached hydrogen (secondary N) is 2. The van der Waals surface area contributed by atoms with Gasteiger partial charge in [-0.25, -0.2) is 0 Å². The van der Waals surface area contributed by atoms with Crippen molar-refractivity contribution in [2.45, 2.75) is 37.4 Å². The Labute approximate surface area is 159 Å². The number of piperidine rings is 1. The van der Waals surface area contributed by atoms with E-state index in [1.54, 1.807) is 22.3 Å². The molecule has 0 aromatic carbocycles. The minimum Gasteiger partial charge on any atom is -0.348 e. The molecule has 3 amide bonds. The van der Waals surface area contributed by atoms with Crippen molar-refractivity contribution in [1.29, 1.82) is 0 Å². The van der Waals surface area contributed by atoms with Crippen molar-refractivity contribution in [2.75, 3.05) is 6.54 Å². The molecular formula is C18H19N3O3S2. The van der Waals surface area contributed by atoms with Gasteiger partial charge in [-0.2, -0.15) is 0 Å². The molecule has 2 aliphatic rings. The Balaban J connectivity index is 1.40. The number of fused-ring (bicyclic) bond motifs is 1. The summed E-state index contributed by atoms with van der Waals surface area (Å²) in [5.41, 5.74) is 0. The summed E-state index contributed by atoms with van der Waals surface area (Å²) in [4.78, 5) is 41.0. The lowest BCUT2D eigenvalue weighted by Crippen LogP contribution is -2.67. The normalized spacial score (nSPS) is 25.5. The first-order valence-corrected chi connectivity index (χ1v) is 10.4. The first-order chi connectivity index (χ1) is 12.6. The van der Waals surface area contributed by atoms with Gasteiger partial charge in [-0.1, -0.05) is 12.1 Å². The number of hydrogen-bond acceptors (Lipinski definition) is 5. The van der Waals surface area contributed by atoms with Crippen LogP contribution in [0.3, 0.4) is 0 Å². The molecule has 0 aliphatic carbocycles. The van der Waals surface area contributed by atoms with Gasteiger partial charge in [-0.05, 0) is 35.7 Å². The highest BCUT2D eigenvalue weighted by Crippen LogP contribution is 2.24. The van der Waals surface area contributed by atoms with Gasteiger partial charge in [0.05, 0.1) is 4.88 Å². The average Bonchev–Trinajstić information content (AvgIpc) is 3.33. The van der Waals surface area contributed by atoms with Gasteiger partial charge in [0.1, 0.15) is 12.1 Å². The third-order valence-electron chi connectivity index (χ3n) is 4.87. The number of piperazine rings is 1. The number of rotatable bonds is 4. The number of hydrogen-bond donors (Lipinski definition) is 2. The van der Waals surface area contributed by atoms with Crippen molar-refractivity contribution in [3.63, 3.8) is 0 Å². The van der Waals surface area contributed by atoms with Crippen molar-refractivity contribution in [3.05, 3.63) is 44.8 Å². The summed E-state index contributed by atoms with van der Waals surface area (Å²) in [5.74, 6) is -0.260. The van der Waals surface area contributed by atoms with Crippen LogP contribution in [0.15, 0.2) is 35.0 Å². The zero-order valence-electron chi connectivity index (χ0n) is 14.0. The first-order valence-electron chi connectivity index (χ1n) is 8.59. The maximum atomic E-state index is 12.8. The summed E-state index contributed by atoms with van der Waals surface area (Å²) in [6.45, 7) is 0.493. The minimum absolute atomic E-state index is 0.0222. The standard InChI is InChI=1S/C18H19N3O3S2/c22-16-14-9-11(19-17(23)15-4-2-8-26-15)5-6-21(14)18(24)13(20-16)10-12-3-1-7-25-12/h1-4,7-8,11,13-14H,5-6,9-10H2,(H,19,23)(H,20,22)/t11-,13-,14-/m0/s1. The van der Waals surface area contributed by atoms with Crippen LogP contribution in [0.1, 0.15) is 27.4 Å². The smallest absolute Gasteiger partial charge is 0.261 e. The van der Waals surface area contributed by atoms with Crippen LogP contribution in [0.5, 0.6) is 0 Å². The highest BCUT2D eigenvalue weighted by molar-refractivity contribution is 7.12. The Morgan fingerprint density at radius 2 is 2.04 bits per heavy atom. The molecule has 2 N–H and O–H groups in total. The highest BCUT2D eigenvalue weighted by atomic mass is 32.1. The third kappa shape index (κ3) is 3.39. The molecule has 6 nitrogen and oxygen atoms in total. The van der Waals surface area contributed by atoms with Crippen LogP contribution in [0.4, 0.5) is 0 Å². The molecule has 0 bridgehead atoms. The van der Waals surface area contributed by atoms with E-state index in [9.17, 15) is 14.4 Å². The summed E-state index contributed by atoms with van der Waals surface area (Å²) >= 11 is 2.98. The summed E-state index contributed by atoms with van der Waals surface area (Å²) in [6.07, 6.45) is 1.66. The second kappa shape index (κ2) is 7.20. The molecule has 136 valence electrons. The van der Waals surface area contributed by atoms with Crippen molar-refractivity contribution in [3.8, 4) is 0 Å². The summed E-state index contributed by atoms with van der Waals surface area (Å²) in [6, 6.07) is 6.45. The van der Waals surface area contributed by atoms with Crippen LogP contribution in [-0.4, -0.2) is 47.3 Å². The first kappa shape index (κ1) is 17.2. The maximum absolute atomic E-state index is 12.8. The van der Waals surface area contributed by atoms with Crippen molar-refractivity contribution in [2.24, 2.45) is 0 Å². The number of amides is 3. The molecule has 8 heteroatoms. The van der Waals surface area contributed by atoms with E-state index in [1.807, 2.05) is 29.0 Å². The Morgan fingerprint density at radius 3 is 2.77 bits per heavy atom. The summed E-state index contributed by atoms with van der Waals surface area (Å²) in [5, 5.41) is 9.69. The van der Waals surface area contributed by atoms with E-state index in [1.165, 1.54) is 11.3 Å². The molecule has 2 aromatic rings. The zero-order chi connectivity index (χ0) is 18.1. The van der Waals surface area contributed by atoms with Gasteiger partial charge >= 0.3 is 0 Å². The second-order valence-electron chi connectivity index (χ2n) is 6.56. The molecule has 0 saturated carbocycles. The van der Waals surface area contributed by atoms with Gasteiger partial charge in [-0.3, -0.25) is 14.4 Å². The van der Waals surface area contributed by atoms with Gasteiger partial charge in [-0.15, -0.1) is 22.7 Å². The fraction of sp³-hybridized carbons (Fsp3) is 0.389. The molecule has 3 atom stereocenters. The highest BCUT2D eigenvalue weighted by Gasteiger charge is 2.44. The summed E-state index contributed by atoms with van der Waals surface area (Å²) in [7, 11) is 0. The van der Waals surface area contributed by atoms with Gasteiger partial charge in [0.15, 0.2) is 0 Å². The Hall–Kier alpha value is -2.19. The predicted molar refractivity (Wildman–Crippen MR) is 100 cm³/mol. The van der Waals surface area contributed by atoms with Crippen LogP contribution in [0, 0.1) is 0 Å². The Kier molecular flexibility index (Phi) is 4.78. The predicted octanol–water partition coefficient (Wildman–Crippen LogP) is 1.64. The van der Waals surface area contributed by atoms with Gasteiger partial charge in [0, 0.05) is 23.9 Å². The molecule has 2 saturated heterocycles. The average molecular weight is 390 g/mol. The third-order valence-corrected chi connectivity index (χ3v) is 6.64. The molecule has 2 aromatic heterocycles. The van der Waals surface area contributed by atoms with Crippen LogP contribution < -0.4 is 10.6 Å². The quantitative estimate of drug-likeness (QED) is 0.834. The van der Waals surface area contributed by atoms with Gasteiger partial charge < -0.3 is 15.5 Å². The maximum Gasteiger partial charge on any atom is 0.261 e. The van der Waals surface area contributed by atoms with Crippen LogP contribution in [0.2, 0.25) is 0 Å². The van der Waals surface area contributed by atoms with Crippen LogP contribution in [-0.2, 0) is 16.0 Å². The van der Waals surface area contributed by atoms with E-state index >= 15 is 0 Å². The van der Waals surface area contributed by atoms with E-state index in [0.29, 0.717) is 30.7 Å². The van der Waals surface area contributed by atoms with E-state index in [4.69, 9.17) is 0 Å². The topological polar surface area (TPSA) is 78.5 Å². The molecule has 0 radical (unpaired) electrons. The number of carbonyl (C=O) groups excluding carboxylic acids is 3. The zero-order valence-corrected chi connectivity index (χ0v) is 15.6. The fourth-order valence-corrected chi connectivity index (χ4v) is 4.95. The molecule has 26 heavy (non-hydrogen) atoms. The lowest BCUT2D eigenvalue weighted by atomic mass is 9.92. The number of thiophene rings is 2. The number of carbonyl (C=O) groups is 3. The van der Waals surface area contributed by atoms with E-state index in [2.05, 4.69) is 10.6 Å². The van der Waals surface area contributed by atoms with Crippen LogP contribution in [0.25, 0.3) is 0 Å². The van der Waals surface area contributed by atoms with Crippen molar-refractivity contribution < 1.29 is 14.4 Å². The lowest BCUT2D eigenvalue weighted by Gasteiger charge is -2.44. The van der Waals surface area contributed by atoms with Gasteiger partial charge in [0.25, 0.3) is 5.91 Å².